The molecule has 12 heteroatoms. The number of nitrogens with zero attached hydrogens (tertiary/aromatic N) is 6. The second-order valence-electron chi connectivity index (χ2n) is 8.61. The van der Waals surface area contributed by atoms with Crippen LogP contribution in [0.2, 0.25) is 0 Å². The molecule has 178 valence electrons. The van der Waals surface area contributed by atoms with E-state index in [0.29, 0.717) is 36.4 Å². The van der Waals surface area contributed by atoms with Crippen molar-refractivity contribution in [1.29, 1.82) is 0 Å². The third-order valence-electron chi connectivity index (χ3n) is 6.50. The fraction of sp³-hybridized carbons (Fsp3) is 0.409. The van der Waals surface area contributed by atoms with E-state index in [2.05, 4.69) is 20.4 Å². The monoisotopic (exact) mass is 473 g/mol. The maximum Gasteiger partial charge on any atom is 0.280 e. The van der Waals surface area contributed by atoms with Crippen LogP contribution in [0.15, 0.2) is 36.9 Å². The van der Waals surface area contributed by atoms with Gasteiger partial charge in [0.05, 0.1) is 39.0 Å². The molecule has 2 aliphatic heterocycles. The molecule has 1 N–H and O–H groups in total. The second-order valence-corrected chi connectivity index (χ2v) is 8.61. The number of nitrogens with one attached hydrogen (secondary N) is 1. The quantitative estimate of drug-likeness (QED) is 0.477. The van der Waals surface area contributed by atoms with Crippen molar-refractivity contribution >= 4 is 17.1 Å². The van der Waals surface area contributed by atoms with E-state index in [1.54, 1.807) is 34.0 Å². The largest absolute Gasteiger partial charge is 0.479 e. The Morgan fingerprint density at radius 2 is 2.12 bits per heavy atom. The predicted molar refractivity (Wildman–Crippen MR) is 117 cm³/mol. The molecule has 6 heterocycles. The van der Waals surface area contributed by atoms with E-state index in [9.17, 15) is 13.2 Å². The van der Waals surface area contributed by atoms with Crippen molar-refractivity contribution in [3.05, 3.63) is 42.7 Å². The smallest absolute Gasteiger partial charge is 0.280 e. The number of ether oxygens (including phenoxy) is 2. The lowest BCUT2D eigenvalue weighted by atomic mass is 9.98. The molecule has 0 saturated carbocycles. The summed E-state index contributed by atoms with van der Waals surface area (Å²) in [6, 6.07) is 2.08. The fourth-order valence-corrected chi connectivity index (χ4v) is 4.61. The van der Waals surface area contributed by atoms with Crippen LogP contribution in [-0.4, -0.2) is 80.3 Å². The van der Waals surface area contributed by atoms with E-state index in [0.717, 1.165) is 0 Å². The van der Waals surface area contributed by atoms with E-state index in [1.807, 2.05) is 0 Å². The second kappa shape index (κ2) is 7.84. The van der Waals surface area contributed by atoms with Crippen LogP contribution in [-0.2, 0) is 4.74 Å². The predicted octanol–water partition coefficient (Wildman–Crippen LogP) is 2.71. The SMILES string of the molecule is COc1nc(N[C@@H]2CCN(C3COC3)CC2(F)F)nn2ccc(-c3cc(F)c4nccn4c3)c12. The van der Waals surface area contributed by atoms with Crippen molar-refractivity contribution in [1.82, 2.24) is 28.9 Å². The summed E-state index contributed by atoms with van der Waals surface area (Å²) < 4.78 is 58.0. The molecule has 4 aromatic heterocycles. The molecule has 0 amide bonds. The van der Waals surface area contributed by atoms with Gasteiger partial charge in [0.2, 0.25) is 11.8 Å². The highest BCUT2D eigenvalue weighted by molar-refractivity contribution is 5.84. The molecule has 4 aromatic rings. The van der Waals surface area contributed by atoms with Gasteiger partial charge >= 0.3 is 0 Å². The zero-order valence-corrected chi connectivity index (χ0v) is 18.3. The summed E-state index contributed by atoms with van der Waals surface area (Å²) in [5.74, 6) is -3.20. The summed E-state index contributed by atoms with van der Waals surface area (Å²) in [6.07, 6.45) is 6.82. The molecule has 0 aliphatic carbocycles. The van der Waals surface area contributed by atoms with E-state index in [4.69, 9.17) is 9.47 Å². The number of piperidine rings is 1. The Morgan fingerprint density at radius 1 is 1.26 bits per heavy atom. The number of halogens is 3. The van der Waals surface area contributed by atoms with Crippen LogP contribution in [0.3, 0.4) is 0 Å². The van der Waals surface area contributed by atoms with Gasteiger partial charge in [0.1, 0.15) is 5.52 Å². The molecule has 0 unspecified atom stereocenters. The lowest BCUT2D eigenvalue weighted by Gasteiger charge is -2.44. The molecule has 0 spiro atoms. The van der Waals surface area contributed by atoms with Gasteiger partial charge in [-0.05, 0) is 18.6 Å². The maximum absolute atomic E-state index is 14.9. The summed E-state index contributed by atoms with van der Waals surface area (Å²) in [5, 5.41) is 7.19. The molecule has 6 rings (SSSR count). The van der Waals surface area contributed by atoms with Crippen LogP contribution < -0.4 is 10.1 Å². The number of pyridine rings is 1. The number of hydrogen-bond acceptors (Lipinski definition) is 7. The number of rotatable bonds is 5. The minimum atomic E-state index is -2.96. The van der Waals surface area contributed by atoms with Crippen LogP contribution in [0.1, 0.15) is 6.42 Å². The van der Waals surface area contributed by atoms with Gasteiger partial charge in [-0.3, -0.25) is 4.90 Å². The van der Waals surface area contributed by atoms with Crippen molar-refractivity contribution in [2.75, 3.05) is 38.7 Å². The average Bonchev–Trinajstić information content (AvgIpc) is 3.41. The van der Waals surface area contributed by atoms with Gasteiger partial charge in [-0.15, -0.1) is 5.10 Å². The van der Waals surface area contributed by atoms with Crippen LogP contribution in [0, 0.1) is 5.82 Å². The number of fused-ring (bicyclic) bond motifs is 2. The number of alkyl halides is 2. The van der Waals surface area contributed by atoms with Crippen molar-refractivity contribution in [3.8, 4) is 17.0 Å². The summed E-state index contributed by atoms with van der Waals surface area (Å²) in [4.78, 5) is 10.1. The first-order valence-corrected chi connectivity index (χ1v) is 10.9. The Kier molecular flexibility index (Phi) is 4.88. The number of aromatic nitrogens is 5. The molecule has 2 fully saturated rings. The fourth-order valence-electron chi connectivity index (χ4n) is 4.61. The number of methoxy groups -OCH3 is 1. The average molecular weight is 473 g/mol. The molecule has 2 saturated heterocycles. The van der Waals surface area contributed by atoms with Gasteiger partial charge < -0.3 is 19.2 Å². The highest BCUT2D eigenvalue weighted by atomic mass is 19.3. The van der Waals surface area contributed by atoms with Crippen LogP contribution >= 0.6 is 0 Å². The van der Waals surface area contributed by atoms with Crippen LogP contribution in [0.5, 0.6) is 5.88 Å². The number of anilines is 1. The first-order valence-electron chi connectivity index (χ1n) is 10.9. The maximum atomic E-state index is 14.9. The zero-order chi connectivity index (χ0) is 23.4. The van der Waals surface area contributed by atoms with Crippen molar-refractivity contribution in [2.45, 2.75) is 24.4 Å². The molecule has 0 bridgehead atoms. The van der Waals surface area contributed by atoms with E-state index >= 15 is 0 Å². The van der Waals surface area contributed by atoms with Gasteiger partial charge in [0.25, 0.3) is 5.92 Å². The minimum absolute atomic E-state index is 0.0350. The Hall–Kier alpha value is -3.38. The molecule has 2 aliphatic rings. The number of imidazole rings is 1. The molecule has 1 atom stereocenters. The minimum Gasteiger partial charge on any atom is -0.479 e. The van der Waals surface area contributed by atoms with Gasteiger partial charge in [-0.25, -0.2) is 22.7 Å². The highest BCUT2D eigenvalue weighted by Crippen LogP contribution is 2.34. The van der Waals surface area contributed by atoms with E-state index < -0.39 is 17.8 Å². The molecule has 34 heavy (non-hydrogen) atoms. The Labute approximate surface area is 192 Å². The number of hydrogen-bond donors (Lipinski definition) is 1. The van der Waals surface area contributed by atoms with Crippen LogP contribution in [0.25, 0.3) is 22.3 Å². The van der Waals surface area contributed by atoms with Crippen molar-refractivity contribution < 1.29 is 22.6 Å². The van der Waals surface area contributed by atoms with Crippen LogP contribution in [0.4, 0.5) is 19.1 Å². The lowest BCUT2D eigenvalue weighted by molar-refractivity contribution is -0.131. The molecular weight excluding hydrogens is 451 g/mol. The standard InChI is InChI=1S/C22H22F3N7O2/c1-33-20-18-15(13-8-16(23)19-26-4-7-30(19)9-13)2-6-32(18)29-21(28-20)27-17-3-5-31(12-22(17,24)25)14-10-34-11-14/h2,4,6-9,14,17H,3,5,10-12H2,1H3,(H,27,29)/t17-/m1/s1. The van der Waals surface area contributed by atoms with E-state index in [-0.39, 0.29) is 36.5 Å². The topological polar surface area (TPSA) is 81.2 Å². The van der Waals surface area contributed by atoms with E-state index in [1.165, 1.54) is 23.9 Å². The normalized spacial score (nSPS) is 21.1. The zero-order valence-electron chi connectivity index (χ0n) is 18.3. The van der Waals surface area contributed by atoms with Gasteiger partial charge in [0.15, 0.2) is 11.5 Å². The summed E-state index contributed by atoms with van der Waals surface area (Å²) in [7, 11) is 1.44. The Morgan fingerprint density at radius 3 is 2.85 bits per heavy atom. The van der Waals surface area contributed by atoms with Gasteiger partial charge in [0, 0.05) is 42.5 Å². The first-order chi connectivity index (χ1) is 16.4. The van der Waals surface area contributed by atoms with Gasteiger partial charge in [-0.1, -0.05) is 0 Å². The Bertz CT molecular complexity index is 1370. The van der Waals surface area contributed by atoms with Crippen molar-refractivity contribution in [3.63, 3.8) is 0 Å². The summed E-state index contributed by atoms with van der Waals surface area (Å²) in [6.45, 7) is 1.20. The first kappa shape index (κ1) is 21.2. The molecule has 0 aromatic carbocycles. The molecule has 0 radical (unpaired) electrons. The van der Waals surface area contributed by atoms with Crippen molar-refractivity contribution in [2.24, 2.45) is 0 Å². The van der Waals surface area contributed by atoms with Gasteiger partial charge in [-0.2, -0.15) is 4.98 Å². The molecular formula is C22H22F3N7O2. The molecule has 9 nitrogen and oxygen atoms in total. The third kappa shape index (κ3) is 3.44. The lowest BCUT2D eigenvalue weighted by Crippen LogP contribution is -2.61. The third-order valence-corrected chi connectivity index (χ3v) is 6.50. The Balaban J connectivity index is 1.31. The number of likely N-dealkylation sites (tertiary alicyclic amines) is 1. The summed E-state index contributed by atoms with van der Waals surface area (Å²) in [5.41, 5.74) is 1.93. The summed E-state index contributed by atoms with van der Waals surface area (Å²) >= 11 is 0. The highest BCUT2D eigenvalue weighted by Gasteiger charge is 2.47.